The molecule has 0 radical (unpaired) electrons. The fourth-order valence-corrected chi connectivity index (χ4v) is 3.20. The van der Waals surface area contributed by atoms with Crippen molar-refractivity contribution in [2.24, 2.45) is 0 Å². The van der Waals surface area contributed by atoms with Crippen LogP contribution in [0.25, 0.3) is 0 Å². The molecule has 0 aliphatic rings. The summed E-state index contributed by atoms with van der Waals surface area (Å²) in [4.78, 5) is 19.7. The molecule has 0 aliphatic carbocycles. The van der Waals surface area contributed by atoms with E-state index in [2.05, 4.69) is 9.97 Å². The number of ether oxygens (including phenoxy) is 1. The van der Waals surface area contributed by atoms with E-state index in [0.717, 1.165) is 11.3 Å². The Bertz CT molecular complexity index is 675. The highest BCUT2D eigenvalue weighted by Gasteiger charge is 2.25. The van der Waals surface area contributed by atoms with E-state index in [1.165, 1.54) is 0 Å². The molecule has 0 spiro atoms. The van der Waals surface area contributed by atoms with Gasteiger partial charge in [0.25, 0.3) is 5.56 Å². The number of aromatic nitrogens is 2. The monoisotopic (exact) mass is 398 g/mol. The molecular weight excluding hydrogens is 379 g/mol. The number of hydrogen-bond donors (Lipinski definition) is 1. The molecule has 1 N–H and O–H groups in total. The number of methoxy groups -OCH3 is 1. The molecule has 5 heteroatoms. The van der Waals surface area contributed by atoms with Gasteiger partial charge in [-0.2, -0.15) is 0 Å². The molecule has 0 bridgehead atoms. The van der Waals surface area contributed by atoms with Gasteiger partial charge < -0.3 is 9.72 Å². The second-order valence-electron chi connectivity index (χ2n) is 5.89. The Morgan fingerprint density at radius 1 is 1.24 bits per heavy atom. The minimum Gasteiger partial charge on any atom is -0.369 e. The maximum absolute atomic E-state index is 12.2. The Balaban J connectivity index is 2.58. The molecule has 1 aromatic carbocycles. The number of H-pyrrole nitrogens is 1. The Hall–Kier alpha value is -1.21. The zero-order valence-corrected chi connectivity index (χ0v) is 14.8. The van der Waals surface area contributed by atoms with E-state index in [4.69, 9.17) is 4.74 Å². The van der Waals surface area contributed by atoms with Crippen molar-refractivity contribution in [3.63, 3.8) is 0 Å². The summed E-state index contributed by atoms with van der Waals surface area (Å²) in [6.45, 7) is 6.14. The van der Waals surface area contributed by atoms with Crippen molar-refractivity contribution in [2.75, 3.05) is 7.11 Å². The van der Waals surface area contributed by atoms with Crippen LogP contribution < -0.4 is 5.56 Å². The topological polar surface area (TPSA) is 55.0 Å². The van der Waals surface area contributed by atoms with Crippen molar-refractivity contribution >= 4 is 22.6 Å². The number of rotatable bonds is 3. The number of benzene rings is 1. The van der Waals surface area contributed by atoms with Crippen LogP contribution in [0.2, 0.25) is 0 Å². The largest absolute Gasteiger partial charge is 0.369 e. The van der Waals surface area contributed by atoms with E-state index in [1.807, 2.05) is 73.7 Å². The van der Waals surface area contributed by atoms with E-state index in [9.17, 15) is 4.79 Å². The Labute approximate surface area is 138 Å². The van der Waals surface area contributed by atoms with Crippen molar-refractivity contribution in [1.29, 1.82) is 0 Å². The Morgan fingerprint density at radius 3 is 2.38 bits per heavy atom. The molecule has 1 unspecified atom stereocenters. The van der Waals surface area contributed by atoms with Crippen LogP contribution in [-0.2, 0) is 10.2 Å². The van der Waals surface area contributed by atoms with Gasteiger partial charge in [0.15, 0.2) is 0 Å². The lowest BCUT2D eigenvalue weighted by Gasteiger charge is -2.22. The molecule has 0 fully saturated rings. The van der Waals surface area contributed by atoms with Gasteiger partial charge in [-0.05, 0) is 28.2 Å². The molecular formula is C16H19IN2O2. The first-order chi connectivity index (χ1) is 9.84. The summed E-state index contributed by atoms with van der Waals surface area (Å²) in [6.07, 6.45) is -0.378. The Kier molecular flexibility index (Phi) is 4.83. The third-order valence-corrected chi connectivity index (χ3v) is 4.18. The smallest absolute Gasteiger partial charge is 0.264 e. The molecule has 0 saturated carbocycles. The van der Waals surface area contributed by atoms with Crippen molar-refractivity contribution in [3.8, 4) is 0 Å². The molecule has 1 atom stereocenters. The van der Waals surface area contributed by atoms with E-state index in [-0.39, 0.29) is 17.1 Å². The second kappa shape index (κ2) is 6.27. The van der Waals surface area contributed by atoms with Gasteiger partial charge in [0.2, 0.25) is 0 Å². The predicted octanol–water partition coefficient (Wildman–Crippen LogP) is 3.41. The average molecular weight is 398 g/mol. The SMILES string of the molecule is COC(c1ccccc1)c1nc(C(C)(C)C)c(I)c(=O)[nH]1. The van der Waals surface area contributed by atoms with Gasteiger partial charge in [-0.15, -0.1) is 0 Å². The predicted molar refractivity (Wildman–Crippen MR) is 91.6 cm³/mol. The first-order valence-corrected chi connectivity index (χ1v) is 7.80. The van der Waals surface area contributed by atoms with E-state index < -0.39 is 0 Å². The Morgan fingerprint density at radius 2 is 1.86 bits per heavy atom. The highest BCUT2D eigenvalue weighted by Crippen LogP contribution is 2.27. The van der Waals surface area contributed by atoms with Crippen LogP contribution in [0.1, 0.15) is 44.0 Å². The molecule has 4 nitrogen and oxygen atoms in total. The van der Waals surface area contributed by atoms with Crippen LogP contribution >= 0.6 is 22.6 Å². The van der Waals surface area contributed by atoms with Gasteiger partial charge in [-0.25, -0.2) is 4.98 Å². The molecule has 1 aromatic heterocycles. The highest BCUT2D eigenvalue weighted by molar-refractivity contribution is 14.1. The summed E-state index contributed by atoms with van der Waals surface area (Å²) in [5.41, 5.74) is 1.43. The molecule has 0 saturated heterocycles. The van der Waals surface area contributed by atoms with E-state index in [0.29, 0.717) is 9.39 Å². The summed E-state index contributed by atoms with van der Waals surface area (Å²) in [5, 5.41) is 0. The van der Waals surface area contributed by atoms with Gasteiger partial charge in [0.1, 0.15) is 15.5 Å². The van der Waals surface area contributed by atoms with Crippen molar-refractivity contribution < 1.29 is 4.74 Å². The number of aromatic amines is 1. The minimum absolute atomic E-state index is 0.122. The zero-order valence-electron chi connectivity index (χ0n) is 12.6. The van der Waals surface area contributed by atoms with Crippen LogP contribution in [0.4, 0.5) is 0 Å². The van der Waals surface area contributed by atoms with Crippen LogP contribution in [0.3, 0.4) is 0 Å². The third kappa shape index (κ3) is 3.52. The van der Waals surface area contributed by atoms with Crippen LogP contribution in [0.5, 0.6) is 0 Å². The average Bonchev–Trinajstić information content (AvgIpc) is 2.43. The van der Waals surface area contributed by atoms with Gasteiger partial charge in [0.05, 0.1) is 5.69 Å². The fourth-order valence-electron chi connectivity index (χ4n) is 2.13. The van der Waals surface area contributed by atoms with E-state index in [1.54, 1.807) is 7.11 Å². The van der Waals surface area contributed by atoms with Gasteiger partial charge in [-0.3, -0.25) is 4.79 Å². The summed E-state index contributed by atoms with van der Waals surface area (Å²) >= 11 is 2.05. The van der Waals surface area contributed by atoms with E-state index >= 15 is 0 Å². The second-order valence-corrected chi connectivity index (χ2v) is 6.97. The fraction of sp³-hybridized carbons (Fsp3) is 0.375. The normalized spacial score (nSPS) is 13.2. The van der Waals surface area contributed by atoms with Crippen LogP contribution in [0.15, 0.2) is 35.1 Å². The van der Waals surface area contributed by atoms with Crippen molar-refractivity contribution in [3.05, 3.63) is 61.3 Å². The lowest BCUT2D eigenvalue weighted by molar-refractivity contribution is 0.128. The molecule has 21 heavy (non-hydrogen) atoms. The summed E-state index contributed by atoms with van der Waals surface area (Å²) in [6, 6.07) is 9.75. The third-order valence-electron chi connectivity index (χ3n) is 3.18. The van der Waals surface area contributed by atoms with Crippen molar-refractivity contribution in [2.45, 2.75) is 32.3 Å². The lowest BCUT2D eigenvalue weighted by atomic mass is 9.92. The molecule has 112 valence electrons. The molecule has 2 rings (SSSR count). The number of hydrogen-bond acceptors (Lipinski definition) is 3. The lowest BCUT2D eigenvalue weighted by Crippen LogP contribution is -2.27. The summed E-state index contributed by atoms with van der Waals surface area (Å²) in [7, 11) is 1.62. The minimum atomic E-state index is -0.378. The molecule has 0 amide bonds. The highest BCUT2D eigenvalue weighted by atomic mass is 127. The van der Waals surface area contributed by atoms with Gasteiger partial charge >= 0.3 is 0 Å². The number of halogens is 1. The maximum Gasteiger partial charge on any atom is 0.264 e. The molecule has 0 aliphatic heterocycles. The first-order valence-electron chi connectivity index (χ1n) is 6.72. The van der Waals surface area contributed by atoms with Crippen LogP contribution in [0, 0.1) is 3.57 Å². The van der Waals surface area contributed by atoms with Crippen molar-refractivity contribution in [1.82, 2.24) is 9.97 Å². The quantitative estimate of drug-likeness (QED) is 0.807. The van der Waals surface area contributed by atoms with Crippen LogP contribution in [-0.4, -0.2) is 17.1 Å². The number of nitrogens with one attached hydrogen (secondary N) is 1. The zero-order chi connectivity index (χ0) is 15.6. The first kappa shape index (κ1) is 16.2. The van der Waals surface area contributed by atoms with Gasteiger partial charge in [0, 0.05) is 12.5 Å². The van der Waals surface area contributed by atoms with Gasteiger partial charge in [-0.1, -0.05) is 51.1 Å². The standard InChI is InChI=1S/C16H19IN2O2/c1-16(2,3)13-11(17)15(20)19-14(18-13)12(21-4)10-8-6-5-7-9-10/h5-9,12H,1-4H3,(H,18,19,20). The maximum atomic E-state index is 12.2. The molecule has 2 aromatic rings. The summed E-state index contributed by atoms with van der Waals surface area (Å²) in [5.74, 6) is 0.541. The summed E-state index contributed by atoms with van der Waals surface area (Å²) < 4.78 is 6.18. The molecule has 1 heterocycles. The number of nitrogens with zero attached hydrogens (tertiary/aromatic N) is 1.